The number of nitrogens with zero attached hydrogens (tertiary/aromatic N) is 9. The van der Waals surface area contributed by atoms with E-state index in [4.69, 9.17) is 62.4 Å². The number of hydrazine groups is 1. The first-order chi connectivity index (χ1) is 44.8. The second-order valence-electron chi connectivity index (χ2n) is 19.3. The van der Waals surface area contributed by atoms with Crippen LogP contribution in [0.1, 0.15) is 160 Å². The van der Waals surface area contributed by atoms with Crippen molar-refractivity contribution in [3.8, 4) is 23.1 Å². The van der Waals surface area contributed by atoms with Crippen molar-refractivity contribution >= 4 is 88.4 Å². The van der Waals surface area contributed by atoms with Crippen molar-refractivity contribution in [2.45, 2.75) is 122 Å². The first-order valence-corrected chi connectivity index (χ1v) is 28.9. The third-order valence-electron chi connectivity index (χ3n) is 12.9. The standard InChI is InChI=1S/C21H19FN4O6.C14H16FNO4.C9H8ClN3O2.C8H9FO2.C6H8ClNO2.CH2O3.5CH4.2Cs.H4N2.H/c1-12(32-17-6-7-26-20(24-17)15(11-23-26)21(29)30)14-10-13(22)2-3-16(14)31-9-8-25-18(27)4-5-19(25)28;1-9(17)11-8-10(15)2-3-12(11)20-7-6-16-13(18)4-5-14(16)19;1-2-15-9(14)6-5-11-13-4-3-7(10)12-8(6)13;1-5(10)7-4-6(9)2-3-8(7)11;7-3-4-8-5(9)1-2-6(8)10;2-1-4-3;;;;;;;;1-2;/h2-3,6-7,10-12H,4-5,8-9H2,1H3,(H,29,30);2-3,8-9,17H,4-7H2,1H3;3-5H,2H2,1H3;2-5,10-11H,1H3;1-4H2;1,3H;5*1H4;;;1-2H2;/q;;;;;;;;;;;2*+1;;-1/p-1/t;9-;;5-;;;;;;;;;;;/m.1.1.........../s1. The van der Waals surface area contributed by atoms with Crippen LogP contribution in [0.15, 0.2) is 91.5 Å². The summed E-state index contributed by atoms with van der Waals surface area (Å²) in [5.41, 5.74) is 1.69. The van der Waals surface area contributed by atoms with Gasteiger partial charge in [-0.2, -0.15) is 15.2 Å². The number of phenolic OH excluding ortho intramolecular Hbond substituents is 1. The number of carbonyl (C=O) groups is 9. The number of halogens is 5. The van der Waals surface area contributed by atoms with E-state index in [9.17, 15) is 61.7 Å². The summed E-state index contributed by atoms with van der Waals surface area (Å²) in [6.45, 7) is 7.29. The van der Waals surface area contributed by atoms with Crippen LogP contribution < -0.4 is 169 Å². The fourth-order valence-corrected chi connectivity index (χ4v) is 8.82. The molecule has 37 heteroatoms. The summed E-state index contributed by atoms with van der Waals surface area (Å²) in [5, 5.41) is 53.5. The van der Waals surface area contributed by atoms with Crippen LogP contribution in [0.2, 0.25) is 5.15 Å². The van der Waals surface area contributed by atoms with Gasteiger partial charge in [-0.25, -0.2) is 36.8 Å². The number of alkyl halides is 1. The van der Waals surface area contributed by atoms with Crippen LogP contribution in [0.4, 0.5) is 13.2 Å². The van der Waals surface area contributed by atoms with E-state index in [0.717, 1.165) is 21.9 Å². The number of carboxylic acids is 1. The van der Waals surface area contributed by atoms with E-state index in [-0.39, 0.29) is 299 Å². The fraction of sp³-hybridized carbons (Fsp3) is 0.391. The number of aromatic hydroxyl groups is 1. The van der Waals surface area contributed by atoms with Gasteiger partial charge in [0.05, 0.1) is 44.3 Å². The van der Waals surface area contributed by atoms with E-state index >= 15 is 0 Å². The van der Waals surface area contributed by atoms with Gasteiger partial charge in [-0.05, 0) is 88.4 Å². The number of aromatic nitrogens is 6. The Bertz CT molecular complexity index is 3750. The van der Waals surface area contributed by atoms with Crippen LogP contribution in [-0.2, 0) is 43.2 Å². The Balaban J connectivity index is -0.000000391. The molecule has 3 aromatic carbocycles. The molecular formula is C64H86Cl2Cs2F3N11O19. The molecule has 10 rings (SSSR count). The molecule has 7 aromatic rings. The number of aliphatic hydroxyl groups is 2. The smallest absolute Gasteiger partial charge is 1.00 e. The molecule has 8 N–H and O–H groups in total. The zero-order chi connectivity index (χ0) is 69.8. The van der Waals surface area contributed by atoms with Gasteiger partial charge in [0, 0.05) is 86.1 Å². The molecule has 30 nitrogen and oxygen atoms in total. The molecule has 7 heterocycles. The second-order valence-corrected chi connectivity index (χ2v) is 20.0. The molecule has 3 aliphatic rings. The number of benzene rings is 3. The summed E-state index contributed by atoms with van der Waals surface area (Å²) in [7, 11) is 0. The van der Waals surface area contributed by atoms with Crippen molar-refractivity contribution in [1.29, 1.82) is 0 Å². The molecule has 3 atom stereocenters. The zero-order valence-electron chi connectivity index (χ0n) is 53.6. The Hall–Kier alpha value is -5.80. The number of phenols is 1. The Kier molecular flexibility index (Phi) is 52.5. The number of esters is 1. The zero-order valence-corrected chi connectivity index (χ0v) is 66.7. The number of carbonyl (C=O) groups excluding carboxylic acids is 8. The molecule has 0 aliphatic carbocycles. The monoisotopic (exact) mass is 1710 g/mol. The molecular weight excluding hydrogens is 1620 g/mol. The van der Waals surface area contributed by atoms with Crippen LogP contribution >= 0.6 is 23.2 Å². The molecule has 0 saturated carbocycles. The summed E-state index contributed by atoms with van der Waals surface area (Å²) >= 11 is 11.1. The van der Waals surface area contributed by atoms with Crippen molar-refractivity contribution in [3.63, 3.8) is 0 Å². The summed E-state index contributed by atoms with van der Waals surface area (Å²) in [5.74, 6) is 4.95. The Labute approximate surface area is 711 Å². The molecule has 6 amide bonds. The van der Waals surface area contributed by atoms with E-state index < -0.39 is 47.7 Å². The van der Waals surface area contributed by atoms with E-state index in [0.29, 0.717) is 70.9 Å². The maximum atomic E-state index is 13.9. The molecule has 3 aliphatic heterocycles. The maximum absolute atomic E-state index is 13.9. The maximum Gasteiger partial charge on any atom is 1.00 e. The number of nitrogens with two attached hydrogens (primary N) is 2. The number of likely N-dealkylation sites (tertiary alicyclic amines) is 3. The van der Waals surface area contributed by atoms with Crippen LogP contribution in [-0.4, -0.2) is 164 Å². The molecule has 0 bridgehead atoms. The molecule has 4 aromatic heterocycles. The quantitative estimate of drug-likeness (QED) is 0.00981. The van der Waals surface area contributed by atoms with Crippen molar-refractivity contribution in [1.82, 2.24) is 43.9 Å². The molecule has 0 spiro atoms. The van der Waals surface area contributed by atoms with Crippen molar-refractivity contribution < 1.29 is 245 Å². The average Bonchev–Trinajstić information content (AvgIpc) is 1.58. The molecule has 548 valence electrons. The van der Waals surface area contributed by atoms with E-state index in [1.807, 2.05) is 0 Å². The number of aliphatic hydroxyl groups excluding tert-OH is 2. The number of imide groups is 3. The van der Waals surface area contributed by atoms with Crippen LogP contribution in [0.3, 0.4) is 0 Å². The molecule has 1 unspecified atom stereocenters. The first kappa shape index (κ1) is 102. The van der Waals surface area contributed by atoms with Gasteiger partial charge in [0.15, 0.2) is 11.3 Å². The molecule has 3 fully saturated rings. The van der Waals surface area contributed by atoms with Crippen LogP contribution in [0, 0.1) is 17.5 Å². The minimum Gasteiger partial charge on any atom is -1.00 e. The van der Waals surface area contributed by atoms with Crippen LogP contribution in [0.25, 0.3) is 11.3 Å². The largest absolute Gasteiger partial charge is 1.00 e. The molecule has 0 radical (unpaired) electrons. The summed E-state index contributed by atoms with van der Waals surface area (Å²) < 4.78 is 64.1. The van der Waals surface area contributed by atoms with Crippen molar-refractivity contribution in [3.05, 3.63) is 142 Å². The minimum atomic E-state index is -1.17. The van der Waals surface area contributed by atoms with E-state index in [1.54, 1.807) is 26.1 Å². The minimum absolute atomic E-state index is 0. The van der Waals surface area contributed by atoms with Gasteiger partial charge in [0.2, 0.25) is 41.3 Å². The summed E-state index contributed by atoms with van der Waals surface area (Å²) in [4.78, 5) is 114. The number of hydrogen-bond acceptors (Lipinski definition) is 24. The van der Waals surface area contributed by atoms with Gasteiger partial charge in [-0.15, -0.1) is 11.6 Å². The van der Waals surface area contributed by atoms with Gasteiger partial charge in [-0.3, -0.25) is 59.9 Å². The topological polar surface area (TPSA) is 426 Å². The number of hydrogen-bond donors (Lipinski definition) is 6. The average molecular weight is 1710 g/mol. The number of carboxylic acid groups (broad SMARTS) is 1. The van der Waals surface area contributed by atoms with E-state index in [1.165, 1.54) is 94.9 Å². The Morgan fingerprint density at radius 2 is 1.02 bits per heavy atom. The molecule has 101 heavy (non-hydrogen) atoms. The predicted molar refractivity (Wildman–Crippen MR) is 355 cm³/mol. The van der Waals surface area contributed by atoms with Gasteiger partial charge in [0.25, 0.3) is 6.47 Å². The second kappa shape index (κ2) is 52.2. The van der Waals surface area contributed by atoms with Gasteiger partial charge in [-0.1, -0.05) is 48.7 Å². The third kappa shape index (κ3) is 31.6. The predicted octanol–water partition coefficient (Wildman–Crippen LogP) is 1.71. The number of fused-ring (bicyclic) bond motifs is 2. The number of ether oxygens (including phenoxy) is 4. The van der Waals surface area contributed by atoms with Crippen molar-refractivity contribution in [2.75, 3.05) is 45.3 Å². The first-order valence-electron chi connectivity index (χ1n) is 28.0. The summed E-state index contributed by atoms with van der Waals surface area (Å²) in [6, 6.07) is 14.3. The Morgan fingerprint density at radius 3 is 1.43 bits per heavy atom. The number of rotatable bonds is 19. The summed E-state index contributed by atoms with van der Waals surface area (Å²) in [6.07, 6.45) is 4.92. The fourth-order valence-electron chi connectivity index (χ4n) is 8.51. The number of aromatic carboxylic acids is 1. The molecule has 3 saturated heterocycles. The SMILES string of the molecule is C.C.C.C.C.CC(Oc1ccn2ncc(C(=O)O)c2n1)c1cc(F)ccc1OCCN1C(=O)CCC1=O.CCOC(=O)c1cnn2ccc(Cl)nc12.C[C@@H](O)c1cc(F)ccc1O.C[C@@H](O)c1cc(F)ccc1OCCN1C(=O)CCC1=O.NN.O=C1CCC(=O)N1CCCl.O=CO[O-].[Cs+].[Cs+].[H-]. The van der Waals surface area contributed by atoms with Crippen LogP contribution in [0.5, 0.6) is 23.1 Å². The normalized spacial score (nSPS) is 13.1. The van der Waals surface area contributed by atoms with Gasteiger partial charge >= 0.3 is 150 Å². The Morgan fingerprint density at radius 1 is 0.634 bits per heavy atom. The van der Waals surface area contributed by atoms with Crippen molar-refractivity contribution in [2.24, 2.45) is 11.7 Å². The third-order valence-corrected chi connectivity index (χ3v) is 13.3. The van der Waals surface area contributed by atoms with Gasteiger partial charge in [0.1, 0.15) is 70.3 Å². The van der Waals surface area contributed by atoms with E-state index in [2.05, 4.69) is 36.7 Å². The van der Waals surface area contributed by atoms with Gasteiger partial charge < -0.3 is 50.9 Å². The number of amides is 6.